The Hall–Kier alpha value is -0.300. The lowest BCUT2D eigenvalue weighted by molar-refractivity contribution is 0.711. The Morgan fingerprint density at radius 3 is 3.00 bits per heavy atom. The molecule has 1 aliphatic carbocycles. The van der Waals surface area contributed by atoms with Gasteiger partial charge in [0.25, 0.3) is 0 Å². The molecule has 0 spiro atoms. The second-order valence-corrected chi connectivity index (χ2v) is 2.94. The Morgan fingerprint density at radius 1 is 1.78 bits per heavy atom. The van der Waals surface area contributed by atoms with Gasteiger partial charge in [0.15, 0.2) is 0 Å². The van der Waals surface area contributed by atoms with Gasteiger partial charge in [0.2, 0.25) is 0 Å². The number of rotatable bonds is 2. The largest absolute Gasteiger partial charge is 0.328 e. The molecule has 1 aliphatic rings. The third-order valence-electron chi connectivity index (χ3n) is 1.72. The van der Waals surface area contributed by atoms with Crippen LogP contribution in [0.5, 0.6) is 0 Å². The van der Waals surface area contributed by atoms with E-state index in [0.717, 1.165) is 6.42 Å². The lowest BCUT2D eigenvalue weighted by Gasteiger charge is -2.03. The van der Waals surface area contributed by atoms with Gasteiger partial charge in [-0.15, -0.1) is 0 Å². The van der Waals surface area contributed by atoms with Crippen molar-refractivity contribution in [2.24, 2.45) is 5.73 Å². The van der Waals surface area contributed by atoms with Crippen molar-refractivity contribution >= 4 is 0 Å². The molecule has 2 N–H and O–H groups in total. The highest BCUT2D eigenvalue weighted by Gasteiger charge is 2.05. The molecule has 0 aliphatic heterocycles. The topological polar surface area (TPSA) is 26.0 Å². The summed E-state index contributed by atoms with van der Waals surface area (Å²) in [6.45, 7) is 2.07. The van der Waals surface area contributed by atoms with Crippen LogP contribution in [0, 0.1) is 0 Å². The van der Waals surface area contributed by atoms with Gasteiger partial charge in [-0.05, 0) is 32.6 Å². The molecule has 1 unspecified atom stereocenters. The molecule has 52 valence electrons. The monoisotopic (exact) mass is 125 g/mol. The Kier molecular flexibility index (Phi) is 2.29. The molecule has 0 amide bonds. The fourth-order valence-electron chi connectivity index (χ4n) is 1.34. The molecule has 1 atom stereocenters. The maximum absolute atomic E-state index is 5.63. The highest BCUT2D eigenvalue weighted by molar-refractivity contribution is 5.08. The van der Waals surface area contributed by atoms with Gasteiger partial charge in [-0.1, -0.05) is 11.6 Å². The van der Waals surface area contributed by atoms with Gasteiger partial charge in [0.1, 0.15) is 0 Å². The van der Waals surface area contributed by atoms with E-state index in [-0.39, 0.29) is 0 Å². The van der Waals surface area contributed by atoms with Crippen LogP contribution in [-0.4, -0.2) is 6.04 Å². The lowest BCUT2D eigenvalue weighted by atomic mass is 10.1. The molecule has 0 fully saturated rings. The number of hydrogen-bond acceptors (Lipinski definition) is 1. The Balaban J connectivity index is 2.26. The predicted octanol–water partition coefficient (Wildman–Crippen LogP) is 1.83. The van der Waals surface area contributed by atoms with Gasteiger partial charge in [-0.25, -0.2) is 0 Å². The minimum absolute atomic E-state index is 0.356. The maximum Gasteiger partial charge on any atom is 0.00476 e. The Bertz CT molecular complexity index is 114. The van der Waals surface area contributed by atoms with Gasteiger partial charge < -0.3 is 5.73 Å². The first-order valence-corrected chi connectivity index (χ1v) is 3.72. The average Bonchev–Trinajstić information content (AvgIpc) is 2.15. The number of hydrogen-bond donors (Lipinski definition) is 1. The van der Waals surface area contributed by atoms with Crippen molar-refractivity contribution in [3.63, 3.8) is 0 Å². The molecule has 1 rings (SSSR count). The minimum Gasteiger partial charge on any atom is -0.328 e. The van der Waals surface area contributed by atoms with Crippen LogP contribution in [0.25, 0.3) is 0 Å². The molecule has 0 aromatic heterocycles. The first-order chi connectivity index (χ1) is 4.29. The Morgan fingerprint density at radius 2 is 2.56 bits per heavy atom. The summed E-state index contributed by atoms with van der Waals surface area (Å²) in [5.74, 6) is 0. The fourth-order valence-corrected chi connectivity index (χ4v) is 1.34. The van der Waals surface area contributed by atoms with E-state index in [9.17, 15) is 0 Å². The van der Waals surface area contributed by atoms with Crippen LogP contribution in [0.4, 0.5) is 0 Å². The Labute approximate surface area is 56.9 Å². The smallest absolute Gasteiger partial charge is 0.00476 e. The quantitative estimate of drug-likeness (QED) is 0.560. The van der Waals surface area contributed by atoms with E-state index in [1.807, 2.05) is 0 Å². The maximum atomic E-state index is 5.63. The van der Waals surface area contributed by atoms with Crippen molar-refractivity contribution in [2.75, 3.05) is 0 Å². The minimum atomic E-state index is 0.356. The SMILES string of the molecule is CC(N)CC1=CCCC1. The van der Waals surface area contributed by atoms with E-state index in [1.165, 1.54) is 19.3 Å². The molecule has 0 aromatic carbocycles. The third-order valence-corrected chi connectivity index (χ3v) is 1.72. The summed E-state index contributed by atoms with van der Waals surface area (Å²) in [5.41, 5.74) is 7.21. The zero-order chi connectivity index (χ0) is 6.69. The van der Waals surface area contributed by atoms with Crippen molar-refractivity contribution < 1.29 is 0 Å². The third kappa shape index (κ3) is 2.19. The zero-order valence-corrected chi connectivity index (χ0v) is 6.06. The van der Waals surface area contributed by atoms with E-state index in [4.69, 9.17) is 5.73 Å². The van der Waals surface area contributed by atoms with E-state index in [0.29, 0.717) is 6.04 Å². The fraction of sp³-hybridized carbons (Fsp3) is 0.750. The summed E-state index contributed by atoms with van der Waals surface area (Å²) in [4.78, 5) is 0. The van der Waals surface area contributed by atoms with Crippen LogP contribution >= 0.6 is 0 Å². The van der Waals surface area contributed by atoms with Gasteiger partial charge in [0.05, 0.1) is 0 Å². The van der Waals surface area contributed by atoms with Crippen molar-refractivity contribution in [2.45, 2.75) is 38.6 Å². The predicted molar refractivity (Wildman–Crippen MR) is 40.2 cm³/mol. The highest BCUT2D eigenvalue weighted by atomic mass is 14.6. The first kappa shape index (κ1) is 6.81. The van der Waals surface area contributed by atoms with E-state index < -0.39 is 0 Å². The second-order valence-electron chi connectivity index (χ2n) is 2.94. The molecule has 1 nitrogen and oxygen atoms in total. The average molecular weight is 125 g/mol. The molecule has 0 saturated carbocycles. The zero-order valence-electron chi connectivity index (χ0n) is 6.06. The van der Waals surface area contributed by atoms with Crippen molar-refractivity contribution in [1.29, 1.82) is 0 Å². The van der Waals surface area contributed by atoms with Crippen molar-refractivity contribution in [1.82, 2.24) is 0 Å². The standard InChI is InChI=1S/C8H15N/c1-7(9)6-8-4-2-3-5-8/h4,7H,2-3,5-6,9H2,1H3. The van der Waals surface area contributed by atoms with Gasteiger partial charge in [-0.3, -0.25) is 0 Å². The van der Waals surface area contributed by atoms with Gasteiger partial charge in [0, 0.05) is 6.04 Å². The summed E-state index contributed by atoms with van der Waals surface area (Å²) >= 11 is 0. The van der Waals surface area contributed by atoms with Crippen LogP contribution in [-0.2, 0) is 0 Å². The van der Waals surface area contributed by atoms with Crippen molar-refractivity contribution in [3.8, 4) is 0 Å². The first-order valence-electron chi connectivity index (χ1n) is 3.72. The second kappa shape index (κ2) is 3.02. The molecular formula is C8H15N. The van der Waals surface area contributed by atoms with Crippen LogP contribution in [0.3, 0.4) is 0 Å². The summed E-state index contributed by atoms with van der Waals surface area (Å²) in [7, 11) is 0. The molecule has 0 aromatic rings. The van der Waals surface area contributed by atoms with Crippen LogP contribution in [0.15, 0.2) is 11.6 Å². The molecule has 9 heavy (non-hydrogen) atoms. The molecule has 1 heteroatoms. The molecular weight excluding hydrogens is 110 g/mol. The molecule has 0 saturated heterocycles. The molecule has 0 heterocycles. The highest BCUT2D eigenvalue weighted by Crippen LogP contribution is 2.20. The lowest BCUT2D eigenvalue weighted by Crippen LogP contribution is -2.14. The van der Waals surface area contributed by atoms with Gasteiger partial charge >= 0.3 is 0 Å². The van der Waals surface area contributed by atoms with Crippen LogP contribution in [0.2, 0.25) is 0 Å². The molecule has 0 radical (unpaired) electrons. The van der Waals surface area contributed by atoms with Crippen LogP contribution < -0.4 is 5.73 Å². The van der Waals surface area contributed by atoms with Crippen LogP contribution in [0.1, 0.15) is 32.6 Å². The summed E-state index contributed by atoms with van der Waals surface area (Å²) in [5, 5.41) is 0. The number of nitrogens with two attached hydrogens (primary N) is 1. The summed E-state index contributed by atoms with van der Waals surface area (Å²) in [6, 6.07) is 0.356. The summed E-state index contributed by atoms with van der Waals surface area (Å²) in [6.07, 6.45) is 7.37. The normalized spacial score (nSPS) is 21.8. The summed E-state index contributed by atoms with van der Waals surface area (Å²) < 4.78 is 0. The van der Waals surface area contributed by atoms with Crippen molar-refractivity contribution in [3.05, 3.63) is 11.6 Å². The molecule has 0 bridgehead atoms. The van der Waals surface area contributed by atoms with E-state index in [1.54, 1.807) is 5.57 Å². The van der Waals surface area contributed by atoms with E-state index in [2.05, 4.69) is 13.0 Å². The van der Waals surface area contributed by atoms with E-state index >= 15 is 0 Å². The van der Waals surface area contributed by atoms with Gasteiger partial charge in [-0.2, -0.15) is 0 Å². The number of allylic oxidation sites excluding steroid dienone is 1.